The van der Waals surface area contributed by atoms with E-state index in [0.717, 1.165) is 23.1 Å². The lowest BCUT2D eigenvalue weighted by Gasteiger charge is -2.27. The van der Waals surface area contributed by atoms with Crippen molar-refractivity contribution >= 4 is 5.91 Å². The van der Waals surface area contributed by atoms with Crippen LogP contribution in [0.1, 0.15) is 52.2 Å². The molecule has 150 valence electrons. The summed E-state index contributed by atoms with van der Waals surface area (Å²) in [6.45, 7) is 15.1. The summed E-state index contributed by atoms with van der Waals surface area (Å²) in [4.78, 5) is 12.7. The third-order valence-corrected chi connectivity index (χ3v) is 4.96. The Balaban J connectivity index is 3.15. The van der Waals surface area contributed by atoms with Gasteiger partial charge in [0.2, 0.25) is 5.91 Å². The maximum atomic E-state index is 12.7. The van der Waals surface area contributed by atoms with E-state index < -0.39 is 5.60 Å². The minimum atomic E-state index is -0.989. The highest BCUT2D eigenvalue weighted by Crippen LogP contribution is 2.17. The van der Waals surface area contributed by atoms with E-state index in [1.165, 1.54) is 0 Å². The number of carbonyl (C=O) groups excluding carboxylic acids is 1. The first kappa shape index (κ1) is 23.5. The van der Waals surface area contributed by atoms with Gasteiger partial charge in [0.05, 0.1) is 11.6 Å². The molecule has 0 aliphatic heterocycles. The zero-order valence-electron chi connectivity index (χ0n) is 18.0. The van der Waals surface area contributed by atoms with Crippen LogP contribution in [-0.4, -0.2) is 22.7 Å². The molecule has 0 saturated heterocycles. The van der Waals surface area contributed by atoms with Crippen LogP contribution in [0.4, 0.5) is 0 Å². The lowest BCUT2D eigenvalue weighted by Crippen LogP contribution is -2.48. The molecule has 1 aromatic carbocycles. The molecule has 3 heteroatoms. The van der Waals surface area contributed by atoms with Crippen LogP contribution >= 0.6 is 0 Å². The maximum absolute atomic E-state index is 12.7. The first-order valence-corrected chi connectivity index (χ1v) is 9.75. The van der Waals surface area contributed by atoms with Gasteiger partial charge in [0.1, 0.15) is 0 Å². The van der Waals surface area contributed by atoms with Crippen molar-refractivity contribution < 1.29 is 9.90 Å². The Kier molecular flexibility index (Phi) is 8.96. The first-order chi connectivity index (χ1) is 13.1. The average Bonchev–Trinajstić information content (AvgIpc) is 2.64. The number of aliphatic hydroxyl groups is 1. The second kappa shape index (κ2) is 10.7. The molecular weight excluding hydrogens is 346 g/mol. The van der Waals surface area contributed by atoms with Crippen molar-refractivity contribution in [1.82, 2.24) is 5.32 Å². The monoisotopic (exact) mass is 379 g/mol. The van der Waals surface area contributed by atoms with Crippen LogP contribution in [0.15, 0.2) is 60.2 Å². The van der Waals surface area contributed by atoms with Crippen LogP contribution in [0.3, 0.4) is 0 Å². The minimum Gasteiger partial charge on any atom is -0.388 e. The Labute approximate surface area is 170 Å². The summed E-state index contributed by atoms with van der Waals surface area (Å²) in [7, 11) is 0. The standard InChI is InChI=1S/C25H33NO2/c1-8-18(3)23(24(27)26-20(5)25(6,7)28)17-15-21(9-2)14-16-22-13-11-10-12-19(22)4/h9-13,15,17-18,20,28H,2,8H2,1,3-7H3,(H,26,27). The molecule has 3 nitrogen and oxygen atoms in total. The van der Waals surface area contributed by atoms with E-state index in [4.69, 9.17) is 0 Å². The van der Waals surface area contributed by atoms with Gasteiger partial charge >= 0.3 is 0 Å². The van der Waals surface area contributed by atoms with E-state index in [1.807, 2.05) is 57.2 Å². The van der Waals surface area contributed by atoms with E-state index in [1.54, 1.807) is 26.8 Å². The van der Waals surface area contributed by atoms with Crippen LogP contribution in [-0.2, 0) is 4.79 Å². The van der Waals surface area contributed by atoms with Crippen molar-refractivity contribution in [3.8, 4) is 11.8 Å². The van der Waals surface area contributed by atoms with Crippen molar-refractivity contribution in [1.29, 1.82) is 0 Å². The van der Waals surface area contributed by atoms with Crippen LogP contribution < -0.4 is 5.32 Å². The molecule has 1 amide bonds. The number of amides is 1. The van der Waals surface area contributed by atoms with E-state index in [0.29, 0.717) is 5.57 Å². The summed E-state index contributed by atoms with van der Waals surface area (Å²) >= 11 is 0. The predicted octanol–water partition coefficient (Wildman–Crippen LogP) is 4.71. The van der Waals surface area contributed by atoms with E-state index >= 15 is 0 Å². The summed E-state index contributed by atoms with van der Waals surface area (Å²) in [5.74, 6) is 6.19. The molecule has 2 unspecified atom stereocenters. The van der Waals surface area contributed by atoms with Gasteiger partial charge in [-0.2, -0.15) is 0 Å². The molecule has 0 fully saturated rings. The molecule has 1 aromatic rings. The Morgan fingerprint density at radius 1 is 1.29 bits per heavy atom. The summed E-state index contributed by atoms with van der Waals surface area (Å²) < 4.78 is 0. The highest BCUT2D eigenvalue weighted by atomic mass is 16.3. The molecular formula is C25H33NO2. The largest absolute Gasteiger partial charge is 0.388 e. The highest BCUT2D eigenvalue weighted by molar-refractivity contribution is 5.94. The third kappa shape index (κ3) is 7.21. The van der Waals surface area contributed by atoms with Crippen LogP contribution in [0.25, 0.3) is 0 Å². The zero-order chi connectivity index (χ0) is 21.3. The summed E-state index contributed by atoms with van der Waals surface area (Å²) in [6.07, 6.45) is 6.16. The van der Waals surface area contributed by atoms with E-state index in [9.17, 15) is 9.90 Å². The lowest BCUT2D eigenvalue weighted by molar-refractivity contribution is -0.120. The Bertz CT molecular complexity index is 813. The maximum Gasteiger partial charge on any atom is 0.247 e. The number of benzene rings is 1. The molecule has 0 saturated carbocycles. The van der Waals surface area contributed by atoms with Gasteiger partial charge in [0, 0.05) is 16.7 Å². The Morgan fingerprint density at radius 3 is 2.46 bits per heavy atom. The molecule has 0 aliphatic rings. The fourth-order valence-corrected chi connectivity index (χ4v) is 2.33. The van der Waals surface area contributed by atoms with Crippen LogP contribution in [0, 0.1) is 24.7 Å². The SMILES string of the molecule is C=CC(C#Cc1ccccc1C)=CC=C(C(=O)NC(C)C(C)(C)O)C(C)CC. The summed E-state index contributed by atoms with van der Waals surface area (Å²) in [5, 5.41) is 13.0. The van der Waals surface area contributed by atoms with Crippen LogP contribution in [0.2, 0.25) is 0 Å². The molecule has 0 bridgehead atoms. The number of carbonyl (C=O) groups is 1. The first-order valence-electron chi connectivity index (χ1n) is 9.75. The quantitative estimate of drug-likeness (QED) is 0.410. The fraction of sp³-hybridized carbons (Fsp3) is 0.400. The number of allylic oxidation sites excluding steroid dienone is 4. The zero-order valence-corrected chi connectivity index (χ0v) is 18.0. The van der Waals surface area contributed by atoms with Crippen molar-refractivity contribution in [3.05, 3.63) is 71.3 Å². The molecule has 0 spiro atoms. The molecule has 2 atom stereocenters. The van der Waals surface area contributed by atoms with Gasteiger partial charge in [0.25, 0.3) is 0 Å². The third-order valence-electron chi connectivity index (χ3n) is 4.96. The van der Waals surface area contributed by atoms with Gasteiger partial charge in [0.15, 0.2) is 0 Å². The van der Waals surface area contributed by atoms with Gasteiger partial charge in [-0.3, -0.25) is 4.79 Å². The van der Waals surface area contributed by atoms with Gasteiger partial charge in [-0.25, -0.2) is 0 Å². The molecule has 0 aromatic heterocycles. The normalized spacial score (nSPS) is 14.5. The lowest BCUT2D eigenvalue weighted by atomic mass is 9.95. The van der Waals surface area contributed by atoms with Gasteiger partial charge in [-0.15, -0.1) is 0 Å². The predicted molar refractivity (Wildman–Crippen MR) is 118 cm³/mol. The second-order valence-electron chi connectivity index (χ2n) is 7.67. The molecule has 28 heavy (non-hydrogen) atoms. The molecule has 0 heterocycles. The van der Waals surface area contributed by atoms with Crippen LogP contribution in [0.5, 0.6) is 0 Å². The van der Waals surface area contributed by atoms with Crippen molar-refractivity contribution in [2.24, 2.45) is 5.92 Å². The van der Waals surface area contributed by atoms with Gasteiger partial charge in [-0.1, -0.05) is 62.6 Å². The number of rotatable bonds is 7. The summed E-state index contributed by atoms with van der Waals surface area (Å²) in [5.41, 5.74) is 2.51. The van der Waals surface area contributed by atoms with E-state index in [2.05, 4.69) is 23.7 Å². The molecule has 0 radical (unpaired) electrons. The molecule has 1 rings (SSSR count). The molecule has 2 N–H and O–H groups in total. The smallest absolute Gasteiger partial charge is 0.247 e. The summed E-state index contributed by atoms with van der Waals surface area (Å²) in [6, 6.07) is 7.59. The van der Waals surface area contributed by atoms with Crippen molar-refractivity contribution in [3.63, 3.8) is 0 Å². The average molecular weight is 380 g/mol. The number of hydrogen-bond acceptors (Lipinski definition) is 2. The Hall–Kier alpha value is -2.57. The topological polar surface area (TPSA) is 49.3 Å². The fourth-order valence-electron chi connectivity index (χ4n) is 2.33. The Morgan fingerprint density at radius 2 is 1.93 bits per heavy atom. The molecule has 0 aliphatic carbocycles. The van der Waals surface area contributed by atoms with E-state index in [-0.39, 0.29) is 17.9 Å². The minimum absolute atomic E-state index is 0.0839. The highest BCUT2D eigenvalue weighted by Gasteiger charge is 2.25. The second-order valence-corrected chi connectivity index (χ2v) is 7.67. The van der Waals surface area contributed by atoms with Crippen molar-refractivity contribution in [2.45, 2.75) is 59.6 Å². The van der Waals surface area contributed by atoms with Gasteiger partial charge < -0.3 is 10.4 Å². The van der Waals surface area contributed by atoms with Gasteiger partial charge in [-0.05, 0) is 57.7 Å². The number of aryl methyl sites for hydroxylation is 1. The van der Waals surface area contributed by atoms with Crippen molar-refractivity contribution in [2.75, 3.05) is 0 Å². The number of hydrogen-bond donors (Lipinski definition) is 2. The number of nitrogens with one attached hydrogen (secondary N) is 1.